The van der Waals surface area contributed by atoms with E-state index in [1.165, 1.54) is 5.56 Å². The highest BCUT2D eigenvalue weighted by atomic mass is 79.9. The van der Waals surface area contributed by atoms with Gasteiger partial charge in [-0.2, -0.15) is 0 Å². The molecule has 90 valence electrons. The number of nitrogens with zero attached hydrogens (tertiary/aromatic N) is 1. The van der Waals surface area contributed by atoms with Crippen LogP contribution in [0.3, 0.4) is 0 Å². The first kappa shape index (κ1) is 12.5. The maximum Gasteiger partial charge on any atom is 0.133 e. The van der Waals surface area contributed by atoms with Crippen molar-refractivity contribution in [3.63, 3.8) is 0 Å². The first-order valence-corrected chi connectivity index (χ1v) is 6.93. The molecule has 0 saturated heterocycles. The van der Waals surface area contributed by atoms with E-state index in [4.69, 9.17) is 4.74 Å². The number of halogens is 1. The first-order valence-electron chi connectivity index (χ1n) is 5.20. The summed E-state index contributed by atoms with van der Waals surface area (Å²) >= 11 is 5.09. The molecule has 2 rings (SSSR count). The Hall–Kier alpha value is -0.910. The molecule has 0 amide bonds. The third-order valence-electron chi connectivity index (χ3n) is 2.33. The normalized spacial score (nSPS) is 10.5. The van der Waals surface area contributed by atoms with Gasteiger partial charge in [0.2, 0.25) is 0 Å². The van der Waals surface area contributed by atoms with Crippen LogP contribution in [0.5, 0.6) is 5.75 Å². The molecule has 1 heterocycles. The van der Waals surface area contributed by atoms with Gasteiger partial charge in [0.25, 0.3) is 0 Å². The van der Waals surface area contributed by atoms with E-state index >= 15 is 0 Å². The van der Waals surface area contributed by atoms with E-state index < -0.39 is 0 Å². The second-order valence-electron chi connectivity index (χ2n) is 3.55. The van der Waals surface area contributed by atoms with Crippen molar-refractivity contribution in [2.45, 2.75) is 13.1 Å². The Bertz CT molecular complexity index is 473. The highest BCUT2D eigenvalue weighted by Gasteiger charge is 2.01. The Kier molecular flexibility index (Phi) is 4.53. The molecule has 0 atom stereocenters. The third kappa shape index (κ3) is 3.52. The summed E-state index contributed by atoms with van der Waals surface area (Å²) in [5.74, 6) is 0.855. The molecule has 0 radical (unpaired) electrons. The third-order valence-corrected chi connectivity index (χ3v) is 3.59. The highest BCUT2D eigenvalue weighted by Crippen LogP contribution is 2.25. The molecule has 3 nitrogen and oxygen atoms in total. The molecular formula is C12H13BrN2OS. The van der Waals surface area contributed by atoms with Crippen LogP contribution < -0.4 is 10.1 Å². The molecule has 1 N–H and O–H groups in total. The van der Waals surface area contributed by atoms with Crippen LogP contribution in [-0.4, -0.2) is 12.1 Å². The van der Waals surface area contributed by atoms with E-state index in [0.717, 1.165) is 29.0 Å². The fraction of sp³-hybridized carbons (Fsp3) is 0.250. The van der Waals surface area contributed by atoms with Gasteiger partial charge in [0.15, 0.2) is 0 Å². The zero-order valence-corrected chi connectivity index (χ0v) is 11.8. The van der Waals surface area contributed by atoms with Crippen molar-refractivity contribution < 1.29 is 4.74 Å². The molecule has 0 bridgehead atoms. The number of methoxy groups -OCH3 is 1. The van der Waals surface area contributed by atoms with Gasteiger partial charge < -0.3 is 10.1 Å². The van der Waals surface area contributed by atoms with Gasteiger partial charge in [-0.15, -0.1) is 11.3 Å². The minimum absolute atomic E-state index is 0.799. The van der Waals surface area contributed by atoms with Gasteiger partial charge in [0.1, 0.15) is 5.75 Å². The summed E-state index contributed by atoms with van der Waals surface area (Å²) in [4.78, 5) is 4.22. The molecular weight excluding hydrogens is 300 g/mol. The second kappa shape index (κ2) is 6.14. The van der Waals surface area contributed by atoms with Gasteiger partial charge in [-0.05, 0) is 33.6 Å². The Morgan fingerprint density at radius 2 is 2.29 bits per heavy atom. The summed E-state index contributed by atoms with van der Waals surface area (Å²) in [5, 5.41) is 5.40. The lowest BCUT2D eigenvalue weighted by atomic mass is 10.2. The van der Waals surface area contributed by atoms with Crippen LogP contribution in [0.2, 0.25) is 0 Å². The second-order valence-corrected chi connectivity index (χ2v) is 5.13. The lowest BCUT2D eigenvalue weighted by Gasteiger charge is -2.07. The minimum atomic E-state index is 0.799. The minimum Gasteiger partial charge on any atom is -0.496 e. The van der Waals surface area contributed by atoms with Gasteiger partial charge in [0, 0.05) is 18.5 Å². The molecule has 0 aliphatic carbocycles. The van der Waals surface area contributed by atoms with E-state index in [1.807, 2.05) is 11.6 Å². The van der Waals surface area contributed by atoms with Crippen LogP contribution in [0.25, 0.3) is 0 Å². The van der Waals surface area contributed by atoms with Crippen molar-refractivity contribution in [3.05, 3.63) is 44.8 Å². The lowest BCUT2D eigenvalue weighted by Crippen LogP contribution is -2.12. The summed E-state index contributed by atoms with van der Waals surface area (Å²) in [6, 6.07) is 6.08. The Morgan fingerprint density at radius 1 is 1.41 bits per heavy atom. The van der Waals surface area contributed by atoms with Crippen LogP contribution in [0, 0.1) is 0 Å². The van der Waals surface area contributed by atoms with Gasteiger partial charge in [0.05, 0.1) is 22.8 Å². The van der Waals surface area contributed by atoms with Gasteiger partial charge in [-0.1, -0.05) is 6.07 Å². The van der Waals surface area contributed by atoms with Crippen LogP contribution in [0.4, 0.5) is 0 Å². The summed E-state index contributed by atoms with van der Waals surface area (Å²) in [6.45, 7) is 1.62. The molecule has 5 heteroatoms. The summed E-state index contributed by atoms with van der Waals surface area (Å²) in [6.07, 6.45) is 0. The Morgan fingerprint density at radius 3 is 2.94 bits per heavy atom. The molecule has 17 heavy (non-hydrogen) atoms. The average Bonchev–Trinajstić information content (AvgIpc) is 2.82. The quantitative estimate of drug-likeness (QED) is 0.920. The van der Waals surface area contributed by atoms with Gasteiger partial charge in [-0.25, -0.2) is 4.98 Å². The van der Waals surface area contributed by atoms with E-state index in [1.54, 1.807) is 18.4 Å². The van der Waals surface area contributed by atoms with Gasteiger partial charge in [-0.3, -0.25) is 0 Å². The number of ether oxygens (including phenoxy) is 1. The van der Waals surface area contributed by atoms with Crippen LogP contribution in [0.15, 0.2) is 33.6 Å². The molecule has 0 saturated carbocycles. The fourth-order valence-corrected chi connectivity index (χ4v) is 2.63. The van der Waals surface area contributed by atoms with Gasteiger partial charge >= 0.3 is 0 Å². The number of aromatic nitrogens is 1. The molecule has 2 aromatic rings. The average molecular weight is 313 g/mol. The van der Waals surface area contributed by atoms with E-state index in [2.05, 4.69) is 43.7 Å². The monoisotopic (exact) mass is 312 g/mol. The zero-order valence-electron chi connectivity index (χ0n) is 9.44. The molecule has 0 aliphatic rings. The lowest BCUT2D eigenvalue weighted by molar-refractivity contribution is 0.412. The largest absolute Gasteiger partial charge is 0.496 e. The fourth-order valence-electron chi connectivity index (χ4n) is 1.48. The van der Waals surface area contributed by atoms with Crippen molar-refractivity contribution in [1.29, 1.82) is 0 Å². The predicted molar refractivity (Wildman–Crippen MR) is 73.4 cm³/mol. The van der Waals surface area contributed by atoms with E-state index in [9.17, 15) is 0 Å². The molecule has 0 spiro atoms. The van der Waals surface area contributed by atoms with Crippen molar-refractivity contribution in [2.24, 2.45) is 0 Å². The molecule has 1 aromatic carbocycles. The summed E-state index contributed by atoms with van der Waals surface area (Å²) < 4.78 is 6.17. The number of benzene rings is 1. The van der Waals surface area contributed by atoms with Crippen molar-refractivity contribution in [2.75, 3.05) is 7.11 Å². The van der Waals surface area contributed by atoms with E-state index in [0.29, 0.717) is 0 Å². The molecule has 1 aromatic heterocycles. The van der Waals surface area contributed by atoms with Crippen LogP contribution in [0.1, 0.15) is 11.3 Å². The Labute approximate surface area is 113 Å². The number of nitrogens with one attached hydrogen (secondary N) is 1. The maximum absolute atomic E-state index is 5.19. The Balaban J connectivity index is 1.89. The maximum atomic E-state index is 5.19. The number of hydrogen-bond acceptors (Lipinski definition) is 4. The SMILES string of the molecule is COc1ccc(CNCc2cscn2)cc1Br. The van der Waals surface area contributed by atoms with Crippen molar-refractivity contribution >= 4 is 27.3 Å². The molecule has 0 unspecified atom stereocenters. The standard InChI is InChI=1S/C12H13BrN2OS/c1-16-12-3-2-9(4-11(12)13)5-14-6-10-7-17-8-15-10/h2-4,7-8,14H,5-6H2,1H3. The van der Waals surface area contributed by atoms with Crippen LogP contribution >= 0.6 is 27.3 Å². The molecule has 0 aliphatic heterocycles. The smallest absolute Gasteiger partial charge is 0.133 e. The van der Waals surface area contributed by atoms with Crippen molar-refractivity contribution in [3.8, 4) is 5.75 Å². The number of rotatable bonds is 5. The van der Waals surface area contributed by atoms with Crippen molar-refractivity contribution in [1.82, 2.24) is 10.3 Å². The molecule has 0 fully saturated rings. The predicted octanol–water partition coefficient (Wildman–Crippen LogP) is 3.20. The summed E-state index contributed by atoms with van der Waals surface area (Å²) in [7, 11) is 1.67. The summed E-state index contributed by atoms with van der Waals surface area (Å²) in [5.41, 5.74) is 4.15. The first-order chi connectivity index (χ1) is 8.29. The highest BCUT2D eigenvalue weighted by molar-refractivity contribution is 9.10. The zero-order chi connectivity index (χ0) is 12.1. The topological polar surface area (TPSA) is 34.1 Å². The van der Waals surface area contributed by atoms with Crippen LogP contribution in [-0.2, 0) is 13.1 Å². The number of thiazole rings is 1. The van der Waals surface area contributed by atoms with E-state index in [-0.39, 0.29) is 0 Å². The number of hydrogen-bond donors (Lipinski definition) is 1.